The summed E-state index contributed by atoms with van der Waals surface area (Å²) in [6.07, 6.45) is 0.613. The van der Waals surface area contributed by atoms with Gasteiger partial charge in [0, 0.05) is 12.1 Å². The molecule has 1 aliphatic rings. The van der Waals surface area contributed by atoms with Crippen molar-refractivity contribution in [3.8, 4) is 0 Å². The number of hydrogen-bond acceptors (Lipinski definition) is 5. The second kappa shape index (κ2) is 8.03. The summed E-state index contributed by atoms with van der Waals surface area (Å²) in [6.45, 7) is 2.43. The predicted octanol–water partition coefficient (Wildman–Crippen LogP) is 5.12. The second-order valence-electron chi connectivity index (χ2n) is 7.68. The van der Waals surface area contributed by atoms with Crippen molar-refractivity contribution in [3.05, 3.63) is 83.9 Å². The zero-order valence-electron chi connectivity index (χ0n) is 17.4. The maximum Gasteiger partial charge on any atom is 0.264 e. The number of thiazole rings is 1. The van der Waals surface area contributed by atoms with Gasteiger partial charge in [-0.3, -0.25) is 14.0 Å². The molecule has 1 fully saturated rings. The molecular weight excluding hydrogens is 442 g/mol. The maximum absolute atomic E-state index is 13.7. The maximum atomic E-state index is 13.7. The van der Waals surface area contributed by atoms with Crippen molar-refractivity contribution >= 4 is 54.0 Å². The lowest BCUT2D eigenvalue weighted by Crippen LogP contribution is -2.27. The minimum absolute atomic E-state index is 0.159. The molecule has 0 atom stereocenters. The van der Waals surface area contributed by atoms with E-state index in [1.54, 1.807) is 29.2 Å². The number of fused-ring (bicyclic) bond motifs is 1. The molecule has 0 unspecified atom stereocenters. The Balaban J connectivity index is 1.56. The Kier molecular flexibility index (Phi) is 5.19. The smallest absolute Gasteiger partial charge is 0.264 e. The Morgan fingerprint density at radius 3 is 2.41 bits per heavy atom. The number of sulfonamides is 1. The van der Waals surface area contributed by atoms with Crippen LogP contribution in [0.5, 0.6) is 0 Å². The molecule has 5 rings (SSSR count). The summed E-state index contributed by atoms with van der Waals surface area (Å²) in [5.74, 6) is -0.0546. The van der Waals surface area contributed by atoms with Crippen LogP contribution in [0.1, 0.15) is 22.3 Å². The summed E-state index contributed by atoms with van der Waals surface area (Å²) in [5, 5.41) is 0.594. The van der Waals surface area contributed by atoms with Crippen molar-refractivity contribution in [2.75, 3.05) is 21.5 Å². The fourth-order valence-electron chi connectivity index (χ4n) is 3.90. The van der Waals surface area contributed by atoms with Crippen molar-refractivity contribution in [2.24, 2.45) is 0 Å². The first kappa shape index (κ1) is 20.7. The molecule has 0 spiro atoms. The number of carbonyl (C=O) groups is 1. The van der Waals surface area contributed by atoms with E-state index in [0.29, 0.717) is 29.3 Å². The van der Waals surface area contributed by atoms with Crippen LogP contribution >= 0.6 is 11.3 Å². The van der Waals surface area contributed by atoms with Gasteiger partial charge in [-0.1, -0.05) is 41.7 Å². The van der Waals surface area contributed by atoms with E-state index in [2.05, 4.69) is 0 Å². The number of amides is 1. The molecule has 0 aliphatic carbocycles. The zero-order valence-corrected chi connectivity index (χ0v) is 19.1. The number of benzene rings is 3. The molecule has 0 saturated carbocycles. The van der Waals surface area contributed by atoms with Gasteiger partial charge >= 0.3 is 0 Å². The lowest BCUT2D eigenvalue weighted by Gasteiger charge is -2.22. The summed E-state index contributed by atoms with van der Waals surface area (Å²) in [7, 11) is -3.27. The molecule has 4 aromatic rings. The van der Waals surface area contributed by atoms with Gasteiger partial charge in [0.2, 0.25) is 10.0 Å². The lowest BCUT2D eigenvalue weighted by atomic mass is 10.1. The van der Waals surface area contributed by atoms with Crippen LogP contribution in [0.15, 0.2) is 72.8 Å². The highest BCUT2D eigenvalue weighted by atomic mass is 32.2. The first-order valence-corrected chi connectivity index (χ1v) is 12.7. The molecule has 0 radical (unpaired) electrons. The van der Waals surface area contributed by atoms with E-state index in [9.17, 15) is 13.2 Å². The highest BCUT2D eigenvalue weighted by molar-refractivity contribution is 7.93. The van der Waals surface area contributed by atoms with Crippen molar-refractivity contribution in [1.29, 1.82) is 0 Å². The Morgan fingerprint density at radius 1 is 1.00 bits per heavy atom. The minimum atomic E-state index is -3.27. The Bertz CT molecular complexity index is 1380. The SMILES string of the molecule is Cc1ccccc1N(C(=O)c1ccc(N2CCCS2(=O)=O)cc1)c1nc2ccccc2s1. The summed E-state index contributed by atoms with van der Waals surface area (Å²) < 4.78 is 26.9. The normalized spacial score (nSPS) is 15.2. The van der Waals surface area contributed by atoms with Crippen LogP contribution < -0.4 is 9.21 Å². The molecule has 6 nitrogen and oxygen atoms in total. The molecule has 1 aliphatic heterocycles. The van der Waals surface area contributed by atoms with E-state index >= 15 is 0 Å². The monoisotopic (exact) mass is 463 g/mol. The number of anilines is 3. The van der Waals surface area contributed by atoms with E-state index < -0.39 is 10.0 Å². The predicted molar refractivity (Wildman–Crippen MR) is 129 cm³/mol. The van der Waals surface area contributed by atoms with Crippen molar-refractivity contribution in [3.63, 3.8) is 0 Å². The summed E-state index contributed by atoms with van der Waals surface area (Å²) in [6, 6.07) is 22.3. The fourth-order valence-corrected chi connectivity index (χ4v) is 6.44. The molecule has 8 heteroatoms. The molecule has 0 bridgehead atoms. The number of carbonyl (C=O) groups excluding carboxylic acids is 1. The van der Waals surface area contributed by atoms with Gasteiger partial charge in [-0.15, -0.1) is 0 Å². The summed E-state index contributed by atoms with van der Waals surface area (Å²) >= 11 is 1.46. The van der Waals surface area contributed by atoms with Gasteiger partial charge in [0.05, 0.1) is 27.3 Å². The summed E-state index contributed by atoms with van der Waals surface area (Å²) in [5.41, 5.74) is 3.62. The first-order valence-electron chi connectivity index (χ1n) is 10.3. The van der Waals surface area contributed by atoms with Gasteiger partial charge in [-0.2, -0.15) is 0 Å². The number of nitrogens with zero attached hydrogens (tertiary/aromatic N) is 3. The van der Waals surface area contributed by atoms with Gasteiger partial charge < -0.3 is 0 Å². The molecule has 32 heavy (non-hydrogen) atoms. The quantitative estimate of drug-likeness (QED) is 0.421. The van der Waals surface area contributed by atoms with E-state index in [0.717, 1.165) is 21.5 Å². The third kappa shape index (κ3) is 3.65. The highest BCUT2D eigenvalue weighted by Crippen LogP contribution is 2.36. The number of hydrogen-bond donors (Lipinski definition) is 0. The van der Waals surface area contributed by atoms with E-state index in [1.165, 1.54) is 15.6 Å². The first-order chi connectivity index (χ1) is 15.4. The van der Waals surface area contributed by atoms with Crippen molar-refractivity contribution in [2.45, 2.75) is 13.3 Å². The molecular formula is C24H21N3O3S2. The van der Waals surface area contributed by atoms with Gasteiger partial charge in [0.25, 0.3) is 5.91 Å². The van der Waals surface area contributed by atoms with E-state index in [-0.39, 0.29) is 11.7 Å². The number of aromatic nitrogens is 1. The van der Waals surface area contributed by atoms with Gasteiger partial charge in [0.1, 0.15) is 0 Å². The van der Waals surface area contributed by atoms with Gasteiger partial charge in [-0.05, 0) is 61.4 Å². The molecule has 2 heterocycles. The fraction of sp³-hybridized carbons (Fsp3) is 0.167. The van der Waals surface area contributed by atoms with Crippen LogP contribution in [0.3, 0.4) is 0 Å². The molecule has 1 aromatic heterocycles. The Morgan fingerprint density at radius 2 is 1.72 bits per heavy atom. The standard InChI is InChI=1S/C24H21N3O3S2/c1-17-7-2-4-9-21(17)27(24-25-20-8-3-5-10-22(20)31-24)23(28)18-11-13-19(14-12-18)26-15-6-16-32(26,29)30/h2-5,7-14H,6,15-16H2,1H3. The molecule has 1 saturated heterocycles. The molecule has 162 valence electrons. The molecule has 1 amide bonds. The van der Waals surface area contributed by atoms with Crippen LogP contribution in [0.25, 0.3) is 10.2 Å². The minimum Gasteiger partial charge on any atom is -0.270 e. The van der Waals surface area contributed by atoms with Crippen molar-refractivity contribution in [1.82, 2.24) is 4.98 Å². The van der Waals surface area contributed by atoms with E-state index in [4.69, 9.17) is 4.98 Å². The highest BCUT2D eigenvalue weighted by Gasteiger charge is 2.29. The van der Waals surface area contributed by atoms with Crippen LogP contribution in [0.4, 0.5) is 16.5 Å². The molecule has 0 N–H and O–H groups in total. The summed E-state index contributed by atoms with van der Waals surface area (Å²) in [4.78, 5) is 20.0. The van der Waals surface area contributed by atoms with Crippen LogP contribution in [0, 0.1) is 6.92 Å². The van der Waals surface area contributed by atoms with Crippen LogP contribution in [0.2, 0.25) is 0 Å². The number of rotatable bonds is 4. The lowest BCUT2D eigenvalue weighted by molar-refractivity contribution is 0.0999. The van der Waals surface area contributed by atoms with Gasteiger partial charge in [-0.25, -0.2) is 13.4 Å². The second-order valence-corrected chi connectivity index (χ2v) is 10.7. The van der Waals surface area contributed by atoms with E-state index in [1.807, 2.05) is 55.5 Å². The third-order valence-corrected chi connectivity index (χ3v) is 8.43. The largest absolute Gasteiger partial charge is 0.270 e. The average molecular weight is 464 g/mol. The van der Waals surface area contributed by atoms with Crippen LogP contribution in [-0.2, 0) is 10.0 Å². The Labute approximate surface area is 190 Å². The molecule has 3 aromatic carbocycles. The van der Waals surface area contributed by atoms with Crippen molar-refractivity contribution < 1.29 is 13.2 Å². The third-order valence-electron chi connectivity index (χ3n) is 5.53. The Hall–Kier alpha value is -3.23. The number of aryl methyl sites for hydroxylation is 1. The van der Waals surface area contributed by atoms with Gasteiger partial charge in [0.15, 0.2) is 5.13 Å². The topological polar surface area (TPSA) is 70.6 Å². The van der Waals surface area contributed by atoms with Crippen LogP contribution in [-0.4, -0.2) is 31.6 Å². The zero-order chi connectivity index (χ0) is 22.3. The number of para-hydroxylation sites is 2. The average Bonchev–Trinajstić information content (AvgIpc) is 3.37.